The fourth-order valence-electron chi connectivity index (χ4n) is 6.27. The second-order valence-corrected chi connectivity index (χ2v) is 13.1. The highest BCUT2D eigenvalue weighted by Crippen LogP contribution is 2.37. The minimum Gasteiger partial charge on any atom is -0.488 e. The number of carboxylic acids is 6. The first-order chi connectivity index (χ1) is 28.1. The molecule has 0 saturated carbocycles. The molecule has 3 heterocycles. The largest absolute Gasteiger partial charge is 0.488 e. The topological polar surface area (TPSA) is 311 Å². The van der Waals surface area contributed by atoms with Crippen LogP contribution in [0.25, 0.3) is 22.6 Å². The fourth-order valence-corrected chi connectivity index (χ4v) is 6.27. The number of hydrogen-bond acceptors (Lipinski definition) is 15. The molecule has 0 bridgehead atoms. The number of aliphatic carboxylic acids is 5. The molecule has 59 heavy (non-hydrogen) atoms. The van der Waals surface area contributed by atoms with E-state index in [9.17, 15) is 59.1 Å². The maximum absolute atomic E-state index is 13.0. The lowest BCUT2D eigenvalue weighted by Crippen LogP contribution is -2.49. The number of aromatic carboxylic acids is 1. The number of carbonyl (C=O) groups is 7. The van der Waals surface area contributed by atoms with Crippen LogP contribution in [0.3, 0.4) is 0 Å². The normalized spacial score (nSPS) is 12.8. The Morgan fingerprint density at radius 1 is 0.678 bits per heavy atom. The Hall–Kier alpha value is -7.36. The summed E-state index contributed by atoms with van der Waals surface area (Å²) in [6.45, 7) is -2.05. The number of rotatable bonds is 22. The van der Waals surface area contributed by atoms with Gasteiger partial charge in [-0.2, -0.15) is 0 Å². The Morgan fingerprint density at radius 2 is 1.25 bits per heavy atom. The maximum atomic E-state index is 13.0. The first-order valence-electron chi connectivity index (χ1n) is 17.8. The molecule has 2 aromatic heterocycles. The Kier molecular flexibility index (Phi) is 13.9. The summed E-state index contributed by atoms with van der Waals surface area (Å²) in [6, 6.07) is 8.81. The van der Waals surface area contributed by atoms with Crippen LogP contribution in [0.2, 0.25) is 0 Å². The third-order valence-corrected chi connectivity index (χ3v) is 8.85. The minimum atomic E-state index is -1.37. The van der Waals surface area contributed by atoms with Crippen LogP contribution >= 0.6 is 0 Å². The summed E-state index contributed by atoms with van der Waals surface area (Å²) in [7, 11) is 0. The number of amides is 1. The lowest BCUT2D eigenvalue weighted by atomic mass is 10.1. The van der Waals surface area contributed by atoms with Gasteiger partial charge in [-0.3, -0.25) is 33.7 Å². The number of oxazole rings is 1. The summed E-state index contributed by atoms with van der Waals surface area (Å²) >= 11 is 0. The van der Waals surface area contributed by atoms with E-state index < -0.39 is 67.8 Å². The molecule has 22 nitrogen and oxygen atoms in total. The molecule has 2 aromatic carbocycles. The lowest BCUT2D eigenvalue weighted by Gasteiger charge is -2.33. The maximum Gasteiger partial charge on any atom is 0.373 e. The van der Waals surface area contributed by atoms with Crippen molar-refractivity contribution in [2.45, 2.75) is 12.8 Å². The third kappa shape index (κ3) is 11.8. The van der Waals surface area contributed by atoms with Crippen molar-refractivity contribution in [1.29, 1.82) is 0 Å². The van der Waals surface area contributed by atoms with Crippen molar-refractivity contribution in [2.24, 2.45) is 0 Å². The zero-order valence-electron chi connectivity index (χ0n) is 31.1. The van der Waals surface area contributed by atoms with Crippen molar-refractivity contribution >= 4 is 64.1 Å². The highest BCUT2D eigenvalue weighted by atomic mass is 16.5. The Labute approximate surface area is 332 Å². The number of aromatic nitrogens is 1. The molecule has 0 atom stereocenters. The van der Waals surface area contributed by atoms with Gasteiger partial charge in [-0.15, -0.1) is 0 Å². The summed E-state index contributed by atoms with van der Waals surface area (Å²) in [6.07, 6.45) is 1.28. The van der Waals surface area contributed by atoms with E-state index in [1.54, 1.807) is 15.9 Å². The lowest BCUT2D eigenvalue weighted by molar-refractivity contribution is -0.140. The van der Waals surface area contributed by atoms with E-state index in [1.165, 1.54) is 30.3 Å². The van der Waals surface area contributed by atoms with Gasteiger partial charge in [0.1, 0.15) is 56.5 Å². The average Bonchev–Trinajstić information content (AvgIpc) is 3.82. The highest BCUT2D eigenvalue weighted by Gasteiger charge is 2.25. The van der Waals surface area contributed by atoms with E-state index in [2.05, 4.69) is 4.98 Å². The zero-order chi connectivity index (χ0) is 42.8. The van der Waals surface area contributed by atoms with Gasteiger partial charge in [-0.05, 0) is 36.2 Å². The number of furan rings is 1. The SMILES string of the molecule is O=C(O)CN1CCN(C(=O)CCc2ccc(N(CC(=O)O)CC(=O)O)c(OCCOc3cc4cc(-c5ncc(C(=O)O)o5)oc4cc3N(CC(=O)O)CC(=O)O)c2)CC1. The fraction of sp³-hybridized carbons (Fsp3) is 0.351. The summed E-state index contributed by atoms with van der Waals surface area (Å²) in [5.41, 5.74) is 0.814. The predicted molar refractivity (Wildman–Crippen MR) is 200 cm³/mol. The van der Waals surface area contributed by atoms with Crippen LogP contribution in [0.4, 0.5) is 11.4 Å². The number of anilines is 2. The van der Waals surface area contributed by atoms with Gasteiger partial charge in [0, 0.05) is 44.1 Å². The first-order valence-corrected chi connectivity index (χ1v) is 17.8. The summed E-state index contributed by atoms with van der Waals surface area (Å²) in [5.74, 6) is -8.44. The molecule has 1 saturated heterocycles. The summed E-state index contributed by atoms with van der Waals surface area (Å²) in [5, 5.41) is 56.8. The highest BCUT2D eigenvalue weighted by molar-refractivity contribution is 5.91. The molecule has 314 valence electrons. The van der Waals surface area contributed by atoms with Crippen LogP contribution in [0, 0.1) is 0 Å². The van der Waals surface area contributed by atoms with Crippen LogP contribution in [-0.2, 0) is 35.2 Å². The molecule has 0 aliphatic carbocycles. The number of carboxylic acid groups (broad SMARTS) is 6. The Morgan fingerprint density at radius 3 is 1.80 bits per heavy atom. The molecule has 1 aliphatic heterocycles. The molecule has 4 aromatic rings. The molecule has 22 heteroatoms. The van der Waals surface area contributed by atoms with Gasteiger partial charge in [0.25, 0.3) is 5.89 Å². The number of carbonyl (C=O) groups excluding carboxylic acids is 1. The van der Waals surface area contributed by atoms with E-state index in [0.29, 0.717) is 37.1 Å². The second-order valence-electron chi connectivity index (χ2n) is 13.1. The molecular formula is C37H39N5O17. The van der Waals surface area contributed by atoms with Crippen LogP contribution < -0.4 is 19.3 Å². The van der Waals surface area contributed by atoms with Crippen molar-refractivity contribution in [3.05, 3.63) is 53.9 Å². The van der Waals surface area contributed by atoms with Gasteiger partial charge in [-0.1, -0.05) is 6.07 Å². The van der Waals surface area contributed by atoms with Crippen LogP contribution in [0.1, 0.15) is 22.5 Å². The minimum absolute atomic E-state index is 0.00153. The van der Waals surface area contributed by atoms with Crippen LogP contribution in [0.15, 0.2) is 51.4 Å². The number of aryl methyl sites for hydroxylation is 1. The molecule has 1 amide bonds. The second kappa shape index (κ2) is 19.2. The number of ether oxygens (including phenoxy) is 2. The van der Waals surface area contributed by atoms with Crippen molar-refractivity contribution in [1.82, 2.24) is 14.8 Å². The molecule has 5 rings (SSSR count). The van der Waals surface area contributed by atoms with E-state index in [0.717, 1.165) is 16.0 Å². The molecule has 1 fully saturated rings. The first kappa shape index (κ1) is 42.8. The summed E-state index contributed by atoms with van der Waals surface area (Å²) in [4.78, 5) is 91.6. The van der Waals surface area contributed by atoms with E-state index in [-0.39, 0.29) is 78.6 Å². The number of fused-ring (bicyclic) bond motifs is 1. The van der Waals surface area contributed by atoms with Gasteiger partial charge in [0.2, 0.25) is 11.7 Å². The Balaban J connectivity index is 1.37. The Bertz CT molecular complexity index is 2190. The number of nitrogens with zero attached hydrogens (tertiary/aromatic N) is 5. The predicted octanol–water partition coefficient (Wildman–Crippen LogP) is 1.36. The van der Waals surface area contributed by atoms with Gasteiger partial charge >= 0.3 is 35.8 Å². The summed E-state index contributed by atoms with van der Waals surface area (Å²) < 4.78 is 23.0. The van der Waals surface area contributed by atoms with Crippen LogP contribution in [0.5, 0.6) is 11.5 Å². The van der Waals surface area contributed by atoms with Crippen molar-refractivity contribution in [2.75, 3.05) is 81.9 Å². The number of piperazine rings is 1. The van der Waals surface area contributed by atoms with Gasteiger partial charge in [0.15, 0.2) is 5.76 Å². The van der Waals surface area contributed by atoms with Gasteiger partial charge < -0.3 is 63.6 Å². The average molecular weight is 826 g/mol. The van der Waals surface area contributed by atoms with Gasteiger partial charge in [-0.25, -0.2) is 9.78 Å². The van der Waals surface area contributed by atoms with Crippen molar-refractivity contribution in [3.63, 3.8) is 0 Å². The zero-order valence-corrected chi connectivity index (χ0v) is 31.1. The number of hydrogen-bond donors (Lipinski definition) is 6. The monoisotopic (exact) mass is 825 g/mol. The van der Waals surface area contributed by atoms with E-state index >= 15 is 0 Å². The molecule has 6 N–H and O–H groups in total. The van der Waals surface area contributed by atoms with Crippen molar-refractivity contribution < 1.29 is 82.5 Å². The molecule has 0 spiro atoms. The molecule has 1 aliphatic rings. The van der Waals surface area contributed by atoms with Gasteiger partial charge in [0.05, 0.1) is 24.1 Å². The number of benzene rings is 2. The molecule has 0 radical (unpaired) electrons. The third-order valence-electron chi connectivity index (χ3n) is 8.85. The smallest absolute Gasteiger partial charge is 0.373 e. The molecule has 0 unspecified atom stereocenters. The van der Waals surface area contributed by atoms with E-state index in [4.69, 9.17) is 23.4 Å². The quantitative estimate of drug-likeness (QED) is 0.0609. The standard InChI is InChI=1S/C37H39N5O17/c43-30(40-7-5-39(6-8-40)16-31(44)45)4-2-21-1-3-23(41(17-32(46)47)18-33(48)49)26(11-21)56-9-10-57-27-12-22-13-28(36-38-15-29(59-36)37(54)55)58-25(22)14-24(27)42(19-34(50)51)20-35(52)53/h1,3,11-15H,2,4-10,16-20H2,(H,44,45)(H,46,47)(H,48,49)(H,50,51)(H,52,53)(H,54,55). The van der Waals surface area contributed by atoms with E-state index in [1.807, 2.05) is 0 Å². The van der Waals surface area contributed by atoms with Crippen LogP contribution in [-0.4, -0.2) is 159 Å². The van der Waals surface area contributed by atoms with Crippen molar-refractivity contribution in [3.8, 4) is 23.1 Å². The molecular weight excluding hydrogens is 786 g/mol.